The minimum absolute atomic E-state index is 0.0117. The molecule has 4 heterocycles. The van der Waals surface area contributed by atoms with Crippen LogP contribution in [0.25, 0.3) is 0 Å². The average Bonchev–Trinajstić information content (AvgIpc) is 3.95. The molecule has 0 aliphatic carbocycles. The second kappa shape index (κ2) is 23.4. The zero-order valence-electron chi connectivity index (χ0n) is 43.4. The van der Waals surface area contributed by atoms with E-state index in [1.807, 2.05) is 41.3 Å². The summed E-state index contributed by atoms with van der Waals surface area (Å²) in [5.74, 6) is -2.18. The van der Waals surface area contributed by atoms with Crippen LogP contribution in [0.2, 0.25) is 0 Å². The van der Waals surface area contributed by atoms with Crippen LogP contribution < -0.4 is 55.3 Å². The smallest absolute Gasteiger partial charge is 0.272 e. The van der Waals surface area contributed by atoms with E-state index in [9.17, 15) is 42.0 Å². The van der Waals surface area contributed by atoms with E-state index in [4.69, 9.17) is 23.1 Å². The Morgan fingerprint density at radius 2 is 1.10 bits per heavy atom. The molecular formula is C56H59N7O14S. The van der Waals surface area contributed by atoms with E-state index in [1.54, 1.807) is 48.5 Å². The molecule has 3 atom stereocenters. The van der Waals surface area contributed by atoms with Crippen LogP contribution in [0.3, 0.4) is 0 Å². The Bertz CT molecular complexity index is 3330. The highest BCUT2D eigenvalue weighted by Crippen LogP contribution is 2.44. The maximum Gasteiger partial charge on any atom is 0.272 e. The van der Waals surface area contributed by atoms with Crippen LogP contribution in [0, 0.1) is 0 Å². The maximum absolute atomic E-state index is 14.4. The van der Waals surface area contributed by atoms with Crippen molar-refractivity contribution in [2.24, 2.45) is 0 Å². The number of benzene rings is 5. The number of carbonyl (C=O) groups is 7. The molecule has 4 aliphatic rings. The van der Waals surface area contributed by atoms with E-state index in [0.717, 1.165) is 42.3 Å². The maximum atomic E-state index is 14.4. The normalized spacial score (nSPS) is 16.8. The van der Waals surface area contributed by atoms with Gasteiger partial charge in [-0.3, -0.25) is 37.7 Å². The summed E-state index contributed by atoms with van der Waals surface area (Å²) in [6.07, 6.45) is 2.20. The zero-order valence-corrected chi connectivity index (χ0v) is 44.2. The first kappa shape index (κ1) is 54.3. The first-order chi connectivity index (χ1) is 37.6. The molecule has 1 unspecified atom stereocenters. The van der Waals surface area contributed by atoms with Crippen molar-refractivity contribution in [3.63, 3.8) is 0 Å². The van der Waals surface area contributed by atoms with Crippen molar-refractivity contribution < 1.29 is 65.1 Å². The van der Waals surface area contributed by atoms with Crippen LogP contribution in [-0.2, 0) is 77.2 Å². The first-order valence-corrected chi connectivity index (χ1v) is 26.8. The van der Waals surface area contributed by atoms with Gasteiger partial charge in [0.2, 0.25) is 29.5 Å². The van der Waals surface area contributed by atoms with E-state index in [2.05, 4.69) is 32.7 Å². The second-order valence-corrected chi connectivity index (χ2v) is 21.1. The highest BCUT2D eigenvalue weighted by molar-refractivity contribution is 7.87. The third-order valence-corrected chi connectivity index (χ3v) is 16.0. The number of methoxy groups -OCH3 is 2. The summed E-state index contributed by atoms with van der Waals surface area (Å²) in [5, 5.41) is 11.3. The Labute approximate surface area is 450 Å². The number of fused-ring (bicyclic) bond motifs is 8. The molecule has 0 saturated carbocycles. The Morgan fingerprint density at radius 3 is 1.71 bits per heavy atom. The molecule has 21 nitrogen and oxygen atoms in total. The molecule has 0 fully saturated rings. The Balaban J connectivity index is 0.934. The third kappa shape index (κ3) is 11.7. The van der Waals surface area contributed by atoms with Crippen molar-refractivity contribution in [1.82, 2.24) is 21.3 Å². The molecule has 5 aromatic carbocycles. The van der Waals surface area contributed by atoms with E-state index in [0.29, 0.717) is 58.0 Å². The quantitative estimate of drug-likeness (QED) is 0.0697. The van der Waals surface area contributed by atoms with Gasteiger partial charge in [-0.15, -0.1) is 0 Å². The van der Waals surface area contributed by atoms with Gasteiger partial charge >= 0.3 is 0 Å². The molecule has 7 amide bonds. The molecule has 0 bridgehead atoms. The molecule has 5 N–H and O–H groups in total. The van der Waals surface area contributed by atoms with Crippen LogP contribution >= 0.6 is 0 Å². The molecule has 22 heteroatoms. The third-order valence-electron chi connectivity index (χ3n) is 14.3. The number of ether oxygens (including phenoxy) is 4. The molecule has 78 heavy (non-hydrogen) atoms. The van der Waals surface area contributed by atoms with Crippen LogP contribution in [0.1, 0.15) is 73.4 Å². The molecule has 0 radical (unpaired) electrons. The van der Waals surface area contributed by atoms with Crippen molar-refractivity contribution in [2.75, 3.05) is 63.1 Å². The minimum Gasteiger partial charge on any atom is -0.493 e. The van der Waals surface area contributed by atoms with Gasteiger partial charge in [0.25, 0.3) is 21.9 Å². The predicted molar refractivity (Wildman–Crippen MR) is 285 cm³/mol. The van der Waals surface area contributed by atoms with Gasteiger partial charge in [0.05, 0.1) is 47.0 Å². The molecule has 0 saturated heterocycles. The number of anilines is 3. The Hall–Kier alpha value is -8.50. The number of hydrogen-bond acceptors (Lipinski definition) is 14. The highest BCUT2D eigenvalue weighted by atomic mass is 32.2. The highest BCUT2D eigenvalue weighted by Gasteiger charge is 2.48. The summed E-state index contributed by atoms with van der Waals surface area (Å²) in [6.45, 7) is -1.57. The predicted octanol–water partition coefficient (Wildman–Crippen LogP) is 3.67. The van der Waals surface area contributed by atoms with Gasteiger partial charge in [-0.05, 0) is 120 Å². The van der Waals surface area contributed by atoms with Gasteiger partial charge in [0, 0.05) is 54.1 Å². The number of carbonyl (C=O) groups excluding carboxylic acids is 7. The van der Waals surface area contributed by atoms with Gasteiger partial charge in [0.15, 0.2) is 23.0 Å². The molecule has 4 aliphatic heterocycles. The van der Waals surface area contributed by atoms with Crippen molar-refractivity contribution in [3.8, 4) is 23.0 Å². The van der Waals surface area contributed by atoms with Gasteiger partial charge in [0.1, 0.15) is 18.5 Å². The van der Waals surface area contributed by atoms with Crippen LogP contribution in [-0.4, -0.2) is 115 Å². The number of rotatable bonds is 20. The summed E-state index contributed by atoms with van der Waals surface area (Å²) < 4.78 is 56.7. The largest absolute Gasteiger partial charge is 0.493 e. The molecule has 408 valence electrons. The first-order valence-electron chi connectivity index (χ1n) is 25.3. The minimum atomic E-state index is -4.16. The standard InChI is InChI=1S/C56H59N7O14S/c1-57-50(64)15-16-51(65)58-27-52(66)59-28-53(67)60-29-54(68)61-38-18-32(30-76-47-22-34-13-14-39-20-35-9-5-7-11-42(35)62(39)55(69)40(34)25-45(47)73-2)17-33(19-38)31-77-48-23-37-24-49(78(71,72)75-4)44-21-36-10-6-8-12-43(36)63(44)56(70)41(37)26-46(48)74-3/h5-12,17-19,22-23,25-26,39,44,49H,13-16,20-21,24,27-31H2,1-4H3,(H,57,64)(H,58,65)(H,59,66)(H,60,67)(H,61,68)/t39-,44+,49?/m1/s1. The van der Waals surface area contributed by atoms with Crippen LogP contribution in [0.15, 0.2) is 91.0 Å². The van der Waals surface area contributed by atoms with Crippen molar-refractivity contribution in [3.05, 3.63) is 136 Å². The van der Waals surface area contributed by atoms with E-state index in [-0.39, 0.29) is 67.4 Å². The number of hydrogen-bond donors (Lipinski definition) is 5. The summed E-state index contributed by atoms with van der Waals surface area (Å²) >= 11 is 0. The number of nitrogens with zero attached hydrogens (tertiary/aromatic N) is 2. The van der Waals surface area contributed by atoms with Crippen molar-refractivity contribution >= 4 is 68.5 Å². The summed E-state index contributed by atoms with van der Waals surface area (Å²) in [6, 6.07) is 26.3. The topological polar surface area (TPSA) is 266 Å². The molecule has 0 spiro atoms. The number of para-hydroxylation sites is 2. The molecule has 5 aromatic rings. The number of amides is 7. The second-order valence-electron chi connectivity index (χ2n) is 19.2. The monoisotopic (exact) mass is 1090 g/mol. The molecule has 0 aromatic heterocycles. The lowest BCUT2D eigenvalue weighted by Crippen LogP contribution is -2.47. The van der Waals surface area contributed by atoms with E-state index >= 15 is 0 Å². The lowest BCUT2D eigenvalue weighted by Gasteiger charge is -2.28. The molecule has 9 rings (SSSR count). The summed E-state index contributed by atoms with van der Waals surface area (Å²) in [4.78, 5) is 93.7. The lowest BCUT2D eigenvalue weighted by molar-refractivity contribution is -0.129. The average molecular weight is 1090 g/mol. The Kier molecular flexibility index (Phi) is 16.3. The fourth-order valence-electron chi connectivity index (χ4n) is 10.4. The van der Waals surface area contributed by atoms with E-state index in [1.165, 1.54) is 26.2 Å². The van der Waals surface area contributed by atoms with Gasteiger partial charge < -0.3 is 55.3 Å². The SMILES string of the molecule is CNC(=O)CCC(=O)NCC(=O)NCC(=O)NCC(=O)Nc1cc(COc2cc3c(cc2OC)C(=O)N2c4ccccc4C[C@H]2CC3)cc(COc2cc3c(cc2OC)C(=O)N2c4ccccc4C[C@H]2C(S(=O)(=O)OC)C3)c1. The molecular weight excluding hydrogens is 1030 g/mol. The number of nitrogens with one attached hydrogen (secondary N) is 5. The fourth-order valence-corrected chi connectivity index (χ4v) is 11.7. The number of aryl methyl sites for hydroxylation is 1. The van der Waals surface area contributed by atoms with Crippen LogP contribution in [0.5, 0.6) is 23.0 Å². The van der Waals surface area contributed by atoms with Crippen molar-refractivity contribution in [2.45, 2.75) is 75.5 Å². The Morgan fingerprint density at radius 1 is 0.577 bits per heavy atom. The van der Waals surface area contributed by atoms with Crippen LogP contribution in [0.4, 0.5) is 17.1 Å². The van der Waals surface area contributed by atoms with Gasteiger partial charge in [-0.1, -0.05) is 36.4 Å². The zero-order chi connectivity index (χ0) is 55.3. The van der Waals surface area contributed by atoms with Gasteiger partial charge in [-0.25, -0.2) is 0 Å². The van der Waals surface area contributed by atoms with Crippen molar-refractivity contribution in [1.29, 1.82) is 0 Å². The summed E-state index contributed by atoms with van der Waals surface area (Å²) in [7, 11) is 1.30. The summed E-state index contributed by atoms with van der Waals surface area (Å²) in [5.41, 5.74) is 6.88. The van der Waals surface area contributed by atoms with E-state index < -0.39 is 70.6 Å². The lowest BCUT2D eigenvalue weighted by atomic mass is 9.99. The van der Waals surface area contributed by atoms with Gasteiger partial charge in [-0.2, -0.15) is 8.42 Å². The fraction of sp³-hybridized carbons (Fsp3) is 0.339.